The van der Waals surface area contributed by atoms with Gasteiger partial charge in [-0.15, -0.1) is 0 Å². The Morgan fingerprint density at radius 1 is 1.27 bits per heavy atom. The molecule has 0 spiro atoms. The molecular formula is C21H34N4O. The first-order valence-electron chi connectivity index (χ1n) is 10.2. The van der Waals surface area contributed by atoms with E-state index >= 15 is 0 Å². The summed E-state index contributed by atoms with van der Waals surface area (Å²) in [5, 5.41) is 6.54. The fourth-order valence-corrected chi connectivity index (χ4v) is 3.99. The normalized spacial score (nSPS) is 21.6. The molecule has 1 aromatic rings. The molecule has 1 amide bonds. The summed E-state index contributed by atoms with van der Waals surface area (Å²) in [6, 6.07) is 8.72. The van der Waals surface area contributed by atoms with E-state index in [1.807, 2.05) is 0 Å². The number of benzene rings is 1. The first-order chi connectivity index (χ1) is 12.7. The van der Waals surface area contributed by atoms with Gasteiger partial charge < -0.3 is 15.5 Å². The molecule has 1 unspecified atom stereocenters. The van der Waals surface area contributed by atoms with Crippen molar-refractivity contribution in [3.63, 3.8) is 0 Å². The first kappa shape index (κ1) is 19.2. The van der Waals surface area contributed by atoms with Gasteiger partial charge in [0.1, 0.15) is 0 Å². The number of piperazine rings is 1. The Morgan fingerprint density at radius 3 is 2.85 bits per heavy atom. The topological polar surface area (TPSA) is 47.6 Å². The zero-order chi connectivity index (χ0) is 18.2. The van der Waals surface area contributed by atoms with Gasteiger partial charge in [-0.05, 0) is 62.9 Å². The van der Waals surface area contributed by atoms with E-state index in [0.717, 1.165) is 64.7 Å². The van der Waals surface area contributed by atoms with E-state index in [1.165, 1.54) is 24.1 Å². The van der Waals surface area contributed by atoms with E-state index in [4.69, 9.17) is 0 Å². The minimum absolute atomic E-state index is 0.204. The number of nitrogens with one attached hydrogen (secondary N) is 2. The van der Waals surface area contributed by atoms with Gasteiger partial charge in [-0.1, -0.05) is 12.1 Å². The third-order valence-corrected chi connectivity index (χ3v) is 5.67. The number of amides is 1. The average molecular weight is 359 g/mol. The van der Waals surface area contributed by atoms with Crippen LogP contribution in [0.15, 0.2) is 24.3 Å². The van der Waals surface area contributed by atoms with Crippen LogP contribution in [0.5, 0.6) is 0 Å². The maximum absolute atomic E-state index is 12.1. The van der Waals surface area contributed by atoms with Crippen molar-refractivity contribution in [1.29, 1.82) is 0 Å². The zero-order valence-electron chi connectivity index (χ0n) is 16.2. The van der Waals surface area contributed by atoms with Gasteiger partial charge >= 0.3 is 0 Å². The van der Waals surface area contributed by atoms with Gasteiger partial charge in [0.15, 0.2) is 0 Å². The molecular weight excluding hydrogens is 324 g/mol. The number of rotatable bonds is 7. The zero-order valence-corrected chi connectivity index (χ0v) is 16.2. The van der Waals surface area contributed by atoms with Crippen LogP contribution in [0.2, 0.25) is 0 Å². The molecule has 144 valence electrons. The number of hydrogen-bond acceptors (Lipinski definition) is 4. The summed E-state index contributed by atoms with van der Waals surface area (Å²) in [6.07, 6.45) is 4.29. The maximum atomic E-state index is 12.1. The van der Waals surface area contributed by atoms with Gasteiger partial charge in [0, 0.05) is 51.4 Å². The Balaban J connectivity index is 1.29. The lowest BCUT2D eigenvalue weighted by Crippen LogP contribution is -2.47. The third-order valence-electron chi connectivity index (χ3n) is 5.67. The predicted octanol–water partition coefficient (Wildman–Crippen LogP) is 2.01. The summed E-state index contributed by atoms with van der Waals surface area (Å²) >= 11 is 0. The van der Waals surface area contributed by atoms with Crippen LogP contribution in [0, 0.1) is 12.8 Å². The lowest BCUT2D eigenvalue weighted by atomic mass is 9.96. The van der Waals surface area contributed by atoms with E-state index in [9.17, 15) is 4.79 Å². The summed E-state index contributed by atoms with van der Waals surface area (Å²) < 4.78 is 0. The fraction of sp³-hybridized carbons (Fsp3) is 0.667. The lowest BCUT2D eigenvalue weighted by molar-refractivity contribution is -0.121. The summed E-state index contributed by atoms with van der Waals surface area (Å²) in [5.41, 5.74) is 2.63. The van der Waals surface area contributed by atoms with Gasteiger partial charge in [0.25, 0.3) is 0 Å². The van der Waals surface area contributed by atoms with Gasteiger partial charge in [0.2, 0.25) is 5.91 Å². The van der Waals surface area contributed by atoms with Crippen molar-refractivity contribution < 1.29 is 4.79 Å². The van der Waals surface area contributed by atoms with Crippen LogP contribution < -0.4 is 15.5 Å². The number of nitrogens with zero attached hydrogens (tertiary/aromatic N) is 2. The van der Waals surface area contributed by atoms with E-state index in [0.29, 0.717) is 6.42 Å². The highest BCUT2D eigenvalue weighted by molar-refractivity contribution is 5.76. The average Bonchev–Trinajstić information content (AvgIpc) is 2.68. The summed E-state index contributed by atoms with van der Waals surface area (Å²) in [4.78, 5) is 16.9. The van der Waals surface area contributed by atoms with Crippen LogP contribution in [0.3, 0.4) is 0 Å². The molecule has 0 aliphatic carbocycles. The summed E-state index contributed by atoms with van der Waals surface area (Å²) in [5.74, 6) is 0.939. The minimum Gasteiger partial charge on any atom is -0.369 e. The highest BCUT2D eigenvalue weighted by atomic mass is 16.1. The second kappa shape index (κ2) is 9.93. The van der Waals surface area contributed by atoms with E-state index in [-0.39, 0.29) is 5.91 Å². The van der Waals surface area contributed by atoms with Crippen LogP contribution in [0.1, 0.15) is 31.2 Å². The molecule has 3 rings (SSSR count). The molecule has 2 saturated heterocycles. The number of piperidine rings is 1. The Kier molecular flexibility index (Phi) is 7.32. The molecule has 5 heteroatoms. The van der Waals surface area contributed by atoms with Gasteiger partial charge in [-0.3, -0.25) is 9.69 Å². The van der Waals surface area contributed by atoms with Gasteiger partial charge in [-0.25, -0.2) is 0 Å². The monoisotopic (exact) mass is 358 g/mol. The molecule has 1 aromatic carbocycles. The Morgan fingerprint density at radius 2 is 2.12 bits per heavy atom. The summed E-state index contributed by atoms with van der Waals surface area (Å²) in [7, 11) is 0. The van der Waals surface area contributed by atoms with E-state index < -0.39 is 0 Å². The Labute approximate surface area is 158 Å². The second-order valence-electron chi connectivity index (χ2n) is 7.77. The van der Waals surface area contributed by atoms with Gasteiger partial charge in [-0.2, -0.15) is 0 Å². The van der Waals surface area contributed by atoms with Crippen molar-refractivity contribution in [3.05, 3.63) is 29.8 Å². The molecule has 2 aliphatic heterocycles. The van der Waals surface area contributed by atoms with E-state index in [2.05, 4.69) is 51.6 Å². The third kappa shape index (κ3) is 5.99. The van der Waals surface area contributed by atoms with Crippen molar-refractivity contribution in [2.45, 2.75) is 32.6 Å². The van der Waals surface area contributed by atoms with Crippen LogP contribution >= 0.6 is 0 Å². The number of carbonyl (C=O) groups is 1. The van der Waals surface area contributed by atoms with Crippen LogP contribution in [0.4, 0.5) is 5.69 Å². The molecule has 0 bridgehead atoms. The second-order valence-corrected chi connectivity index (χ2v) is 7.77. The largest absolute Gasteiger partial charge is 0.369 e. The quantitative estimate of drug-likeness (QED) is 0.783. The van der Waals surface area contributed by atoms with Crippen molar-refractivity contribution in [2.24, 2.45) is 5.92 Å². The number of carbonyl (C=O) groups excluding carboxylic acids is 1. The first-order valence-corrected chi connectivity index (χ1v) is 10.2. The molecule has 2 N–H and O–H groups in total. The van der Waals surface area contributed by atoms with Crippen LogP contribution in [-0.4, -0.2) is 63.2 Å². The standard InChI is InChI=1S/C21H34N4O/c1-18-4-2-6-20(16-18)25-14-12-24(13-15-25)11-8-21(26)23-10-7-19-5-3-9-22-17-19/h2,4,6,16,19,22H,3,5,7-15,17H2,1H3,(H,23,26). The number of anilines is 1. The minimum atomic E-state index is 0.204. The van der Waals surface area contributed by atoms with Crippen molar-refractivity contribution >= 4 is 11.6 Å². The Hall–Kier alpha value is -1.59. The molecule has 1 atom stereocenters. The van der Waals surface area contributed by atoms with Crippen molar-refractivity contribution in [2.75, 3.05) is 57.3 Å². The summed E-state index contributed by atoms with van der Waals surface area (Å²) in [6.45, 7) is 10.3. The van der Waals surface area contributed by atoms with Crippen LogP contribution in [-0.2, 0) is 4.79 Å². The molecule has 26 heavy (non-hydrogen) atoms. The highest BCUT2D eigenvalue weighted by Crippen LogP contribution is 2.18. The van der Waals surface area contributed by atoms with E-state index in [1.54, 1.807) is 0 Å². The maximum Gasteiger partial charge on any atom is 0.221 e. The molecule has 5 nitrogen and oxygen atoms in total. The molecule has 2 fully saturated rings. The Bertz CT molecular complexity index is 563. The number of aryl methyl sites for hydroxylation is 1. The van der Waals surface area contributed by atoms with Crippen molar-refractivity contribution in [3.8, 4) is 0 Å². The van der Waals surface area contributed by atoms with Gasteiger partial charge in [0.05, 0.1) is 0 Å². The molecule has 0 saturated carbocycles. The molecule has 2 aliphatic rings. The molecule has 2 heterocycles. The SMILES string of the molecule is Cc1cccc(N2CCN(CCC(=O)NCCC3CCCNC3)CC2)c1. The van der Waals surface area contributed by atoms with Crippen molar-refractivity contribution in [1.82, 2.24) is 15.5 Å². The molecule has 0 aromatic heterocycles. The highest BCUT2D eigenvalue weighted by Gasteiger charge is 2.18. The molecule has 0 radical (unpaired) electrons. The smallest absolute Gasteiger partial charge is 0.221 e. The lowest BCUT2D eigenvalue weighted by Gasteiger charge is -2.36. The predicted molar refractivity (Wildman–Crippen MR) is 108 cm³/mol. The fourth-order valence-electron chi connectivity index (χ4n) is 3.99. The number of hydrogen-bond donors (Lipinski definition) is 2. The van der Waals surface area contributed by atoms with Crippen LogP contribution in [0.25, 0.3) is 0 Å².